The molecule has 0 aromatic carbocycles. The van der Waals surface area contributed by atoms with Crippen LogP contribution in [0.25, 0.3) is 0 Å². The second-order valence-corrected chi connectivity index (χ2v) is 5.43. The van der Waals surface area contributed by atoms with Crippen molar-refractivity contribution in [2.75, 3.05) is 33.9 Å². The van der Waals surface area contributed by atoms with E-state index in [0.717, 1.165) is 0 Å². The fourth-order valence-corrected chi connectivity index (χ4v) is 2.44. The predicted octanol–water partition coefficient (Wildman–Crippen LogP) is 2.05. The molecule has 1 amide bonds. The minimum atomic E-state index is -0.348. The van der Waals surface area contributed by atoms with Gasteiger partial charge in [0.25, 0.3) is 5.91 Å². The Morgan fingerprint density at radius 1 is 1.32 bits per heavy atom. The van der Waals surface area contributed by atoms with Crippen molar-refractivity contribution >= 4 is 34.8 Å². The predicted molar refractivity (Wildman–Crippen MR) is 73.7 cm³/mol. The van der Waals surface area contributed by atoms with Crippen LogP contribution < -0.4 is 0 Å². The van der Waals surface area contributed by atoms with Gasteiger partial charge in [-0.15, -0.1) is 11.3 Å². The average molecular weight is 306 g/mol. The van der Waals surface area contributed by atoms with Crippen LogP contribution >= 0.6 is 22.9 Å². The molecule has 0 N–H and O–H groups in total. The molecule has 0 aliphatic heterocycles. The van der Waals surface area contributed by atoms with E-state index in [1.807, 2.05) is 0 Å². The van der Waals surface area contributed by atoms with Crippen LogP contribution in [0.15, 0.2) is 12.1 Å². The van der Waals surface area contributed by atoms with Crippen molar-refractivity contribution in [3.63, 3.8) is 0 Å². The number of carbonyl (C=O) groups is 2. The van der Waals surface area contributed by atoms with Crippen LogP contribution in [0.1, 0.15) is 16.1 Å². The van der Waals surface area contributed by atoms with Gasteiger partial charge in [-0.25, -0.2) is 0 Å². The summed E-state index contributed by atoms with van der Waals surface area (Å²) in [5.41, 5.74) is 0. The number of thiophene rings is 1. The zero-order valence-electron chi connectivity index (χ0n) is 10.8. The molecule has 1 aromatic heterocycles. The maximum atomic E-state index is 12.2. The number of methoxy groups -OCH3 is 2. The summed E-state index contributed by atoms with van der Waals surface area (Å²) in [6.45, 7) is 1.12. The minimum absolute atomic E-state index is 0.155. The zero-order valence-corrected chi connectivity index (χ0v) is 12.4. The number of amides is 1. The van der Waals surface area contributed by atoms with Crippen molar-refractivity contribution < 1.29 is 19.1 Å². The lowest BCUT2D eigenvalue weighted by Gasteiger charge is -2.21. The van der Waals surface area contributed by atoms with E-state index in [0.29, 0.717) is 28.9 Å². The molecule has 1 heterocycles. The highest BCUT2D eigenvalue weighted by Crippen LogP contribution is 2.22. The van der Waals surface area contributed by atoms with Crippen molar-refractivity contribution in [1.82, 2.24) is 4.90 Å². The summed E-state index contributed by atoms with van der Waals surface area (Å²) in [4.78, 5) is 25.5. The molecular formula is C12H16ClNO4S. The number of esters is 1. The largest absolute Gasteiger partial charge is 0.469 e. The van der Waals surface area contributed by atoms with Gasteiger partial charge in [-0.1, -0.05) is 11.6 Å². The smallest absolute Gasteiger partial charge is 0.307 e. The van der Waals surface area contributed by atoms with E-state index >= 15 is 0 Å². The van der Waals surface area contributed by atoms with Gasteiger partial charge in [0, 0.05) is 20.2 Å². The second kappa shape index (κ2) is 8.14. The molecule has 7 heteroatoms. The van der Waals surface area contributed by atoms with Crippen LogP contribution in [-0.4, -0.2) is 50.7 Å². The fourth-order valence-electron chi connectivity index (χ4n) is 1.43. The minimum Gasteiger partial charge on any atom is -0.469 e. The third kappa shape index (κ3) is 5.18. The van der Waals surface area contributed by atoms with Crippen molar-refractivity contribution in [2.24, 2.45) is 0 Å². The standard InChI is InChI=1S/C12H16ClNO4S/c1-17-8-7-14(6-5-11(15)18-2)12(16)9-3-4-10(13)19-9/h3-4H,5-8H2,1-2H3. The first kappa shape index (κ1) is 15.9. The highest BCUT2D eigenvalue weighted by molar-refractivity contribution is 7.17. The van der Waals surface area contributed by atoms with Crippen molar-refractivity contribution in [2.45, 2.75) is 6.42 Å². The molecule has 0 saturated heterocycles. The van der Waals surface area contributed by atoms with Crippen LogP contribution in [0.2, 0.25) is 4.34 Å². The summed E-state index contributed by atoms with van der Waals surface area (Å²) < 4.78 is 10.1. The first-order valence-corrected chi connectivity index (χ1v) is 6.88. The Hall–Kier alpha value is -1.11. The molecule has 19 heavy (non-hydrogen) atoms. The number of ether oxygens (including phenoxy) is 2. The first-order valence-electron chi connectivity index (χ1n) is 5.69. The summed E-state index contributed by atoms with van der Waals surface area (Å²) in [7, 11) is 2.88. The summed E-state index contributed by atoms with van der Waals surface area (Å²) in [6, 6.07) is 3.35. The third-order valence-electron chi connectivity index (χ3n) is 2.45. The molecular weight excluding hydrogens is 290 g/mol. The van der Waals surface area contributed by atoms with Crippen LogP contribution in [0.3, 0.4) is 0 Å². The van der Waals surface area contributed by atoms with Gasteiger partial charge in [0.2, 0.25) is 0 Å². The van der Waals surface area contributed by atoms with E-state index < -0.39 is 0 Å². The molecule has 1 aromatic rings. The highest BCUT2D eigenvalue weighted by Gasteiger charge is 2.18. The Kier molecular flexibility index (Phi) is 6.83. The van der Waals surface area contributed by atoms with Crippen LogP contribution in [0.5, 0.6) is 0 Å². The molecule has 0 fully saturated rings. The molecule has 0 saturated carbocycles. The maximum absolute atomic E-state index is 12.2. The fraction of sp³-hybridized carbons (Fsp3) is 0.500. The summed E-state index contributed by atoms with van der Waals surface area (Å²) in [5.74, 6) is -0.503. The SMILES string of the molecule is COCCN(CCC(=O)OC)C(=O)c1ccc(Cl)s1. The van der Waals surface area contributed by atoms with Crippen molar-refractivity contribution in [3.05, 3.63) is 21.3 Å². The van der Waals surface area contributed by atoms with Crippen LogP contribution in [0, 0.1) is 0 Å². The number of halogens is 1. The Morgan fingerprint density at radius 2 is 2.05 bits per heavy atom. The quantitative estimate of drug-likeness (QED) is 0.724. The van der Waals surface area contributed by atoms with Gasteiger partial charge in [0.15, 0.2) is 0 Å². The average Bonchev–Trinajstić information content (AvgIpc) is 2.84. The first-order chi connectivity index (χ1) is 9.08. The lowest BCUT2D eigenvalue weighted by atomic mass is 10.3. The van der Waals surface area contributed by atoms with E-state index in [-0.39, 0.29) is 18.3 Å². The normalized spacial score (nSPS) is 10.3. The molecule has 1 rings (SSSR count). The molecule has 0 aliphatic rings. The second-order valence-electron chi connectivity index (χ2n) is 3.71. The van der Waals surface area contributed by atoms with Gasteiger partial charge in [0.1, 0.15) is 0 Å². The summed E-state index contributed by atoms with van der Waals surface area (Å²) in [5, 5.41) is 0. The maximum Gasteiger partial charge on any atom is 0.307 e. The number of nitrogens with zero attached hydrogens (tertiary/aromatic N) is 1. The number of rotatable bonds is 7. The van der Waals surface area contributed by atoms with E-state index in [1.165, 1.54) is 18.4 Å². The third-order valence-corrected chi connectivity index (χ3v) is 3.67. The van der Waals surface area contributed by atoms with E-state index in [9.17, 15) is 9.59 Å². The van der Waals surface area contributed by atoms with Crippen LogP contribution in [-0.2, 0) is 14.3 Å². The monoisotopic (exact) mass is 305 g/mol. The van der Waals surface area contributed by atoms with Gasteiger partial charge in [-0.05, 0) is 12.1 Å². The van der Waals surface area contributed by atoms with E-state index in [2.05, 4.69) is 4.74 Å². The molecule has 106 valence electrons. The molecule has 0 radical (unpaired) electrons. The molecule has 0 atom stereocenters. The van der Waals surface area contributed by atoms with Gasteiger partial charge >= 0.3 is 5.97 Å². The lowest BCUT2D eigenvalue weighted by molar-refractivity contribution is -0.140. The van der Waals surface area contributed by atoms with Crippen molar-refractivity contribution in [1.29, 1.82) is 0 Å². The number of hydrogen-bond acceptors (Lipinski definition) is 5. The molecule has 0 bridgehead atoms. The molecule has 0 spiro atoms. The number of hydrogen-bond donors (Lipinski definition) is 0. The van der Waals surface area contributed by atoms with Gasteiger partial charge in [-0.2, -0.15) is 0 Å². The van der Waals surface area contributed by atoms with Gasteiger partial charge in [0.05, 0.1) is 29.4 Å². The Morgan fingerprint density at radius 3 is 2.58 bits per heavy atom. The van der Waals surface area contributed by atoms with Crippen molar-refractivity contribution in [3.8, 4) is 0 Å². The molecule has 0 aliphatic carbocycles. The summed E-state index contributed by atoms with van der Waals surface area (Å²) in [6.07, 6.45) is 0.158. The zero-order chi connectivity index (χ0) is 14.3. The van der Waals surface area contributed by atoms with Gasteiger partial charge in [-0.3, -0.25) is 9.59 Å². The summed E-state index contributed by atoms with van der Waals surface area (Å²) >= 11 is 7.03. The van der Waals surface area contributed by atoms with Gasteiger partial charge < -0.3 is 14.4 Å². The van der Waals surface area contributed by atoms with Crippen LogP contribution in [0.4, 0.5) is 0 Å². The van der Waals surface area contributed by atoms with E-state index in [4.69, 9.17) is 16.3 Å². The Bertz CT molecular complexity index is 435. The molecule has 5 nitrogen and oxygen atoms in total. The lowest BCUT2D eigenvalue weighted by Crippen LogP contribution is -2.35. The number of carbonyl (C=O) groups excluding carboxylic acids is 2. The van der Waals surface area contributed by atoms with E-state index in [1.54, 1.807) is 24.1 Å². The molecule has 0 unspecified atom stereocenters. The Labute approximate surface area is 121 Å². The Balaban J connectivity index is 2.66. The topological polar surface area (TPSA) is 55.8 Å². The highest BCUT2D eigenvalue weighted by atomic mass is 35.5.